The third-order valence-electron chi connectivity index (χ3n) is 5.27. The molecule has 0 saturated heterocycles. The normalized spacial score (nSPS) is 17.7. The van der Waals surface area contributed by atoms with E-state index in [-0.39, 0.29) is 12.5 Å². The molecule has 7 heteroatoms. The van der Waals surface area contributed by atoms with E-state index in [1.165, 1.54) is 12.5 Å². The first-order valence-corrected chi connectivity index (χ1v) is 10.4. The summed E-state index contributed by atoms with van der Waals surface area (Å²) in [6, 6.07) is 13.6. The molecular weight excluding hydrogens is 402 g/mol. The molecule has 0 radical (unpaired) electrons. The van der Waals surface area contributed by atoms with Gasteiger partial charge < -0.3 is 15.0 Å². The Bertz CT molecular complexity index is 1290. The molecule has 0 atom stereocenters. The number of ether oxygens (including phenoxy) is 1. The molecule has 0 spiro atoms. The molecular formula is C25H21N5O2. The van der Waals surface area contributed by atoms with Crippen LogP contribution in [0, 0.1) is 0 Å². The summed E-state index contributed by atoms with van der Waals surface area (Å²) in [5.74, 6) is 1.20. The van der Waals surface area contributed by atoms with Gasteiger partial charge in [0, 0.05) is 23.8 Å². The molecule has 6 rings (SSSR count). The standard InChI is InChI=1S/C25H21N5O2/c31-24-15-30-12-9-18(10-13-30)16-32-20-7-8-23-21(14-20)25(28-17-27-23)29-22-6-2-1-4-19(22)5-3-11-26-24/h1-9,11-12,14,16-17H,10,13,15H2,(H,27,28,29)/b5-3?,18-16-,26-11?. The van der Waals surface area contributed by atoms with Gasteiger partial charge in [-0.2, -0.15) is 0 Å². The molecule has 0 saturated carbocycles. The molecule has 0 aliphatic carbocycles. The smallest absolute Gasteiger partial charge is 0.265 e. The van der Waals surface area contributed by atoms with Crippen molar-refractivity contribution in [2.24, 2.45) is 4.99 Å². The molecule has 3 aromatic rings. The highest BCUT2D eigenvalue weighted by atomic mass is 16.5. The third kappa shape index (κ3) is 4.41. The molecule has 4 bridgehead atoms. The van der Waals surface area contributed by atoms with E-state index in [2.05, 4.69) is 20.3 Å². The molecule has 4 heterocycles. The van der Waals surface area contributed by atoms with E-state index < -0.39 is 0 Å². The van der Waals surface area contributed by atoms with Crippen molar-refractivity contribution in [3.05, 3.63) is 84.5 Å². The van der Waals surface area contributed by atoms with Gasteiger partial charge in [0.1, 0.15) is 17.9 Å². The molecule has 2 aromatic carbocycles. The largest absolute Gasteiger partial charge is 0.465 e. The van der Waals surface area contributed by atoms with E-state index in [0.29, 0.717) is 11.6 Å². The monoisotopic (exact) mass is 423 g/mol. The lowest BCUT2D eigenvalue weighted by atomic mass is 10.1. The number of carbonyl (C=O) groups excluding carboxylic acids is 1. The van der Waals surface area contributed by atoms with Crippen LogP contribution in [-0.2, 0) is 4.79 Å². The fraction of sp³-hybridized carbons (Fsp3) is 0.120. The number of para-hydroxylation sites is 1. The maximum atomic E-state index is 12.2. The second-order valence-corrected chi connectivity index (χ2v) is 7.49. The van der Waals surface area contributed by atoms with Crippen LogP contribution in [0.2, 0.25) is 0 Å². The second kappa shape index (κ2) is 8.85. The van der Waals surface area contributed by atoms with Crippen molar-refractivity contribution in [2.45, 2.75) is 6.42 Å². The molecule has 1 N–H and O–H groups in total. The highest BCUT2D eigenvalue weighted by Gasteiger charge is 2.12. The van der Waals surface area contributed by atoms with Gasteiger partial charge in [-0.1, -0.05) is 24.3 Å². The lowest BCUT2D eigenvalue weighted by Gasteiger charge is -2.22. The molecule has 0 unspecified atom stereocenters. The van der Waals surface area contributed by atoms with Gasteiger partial charge >= 0.3 is 0 Å². The van der Waals surface area contributed by atoms with Crippen LogP contribution >= 0.6 is 0 Å². The number of allylic oxidation sites excluding steroid dienone is 2. The highest BCUT2D eigenvalue weighted by molar-refractivity contribution is 5.94. The molecule has 7 nitrogen and oxygen atoms in total. The number of aromatic nitrogens is 2. The van der Waals surface area contributed by atoms with Crippen molar-refractivity contribution >= 4 is 40.6 Å². The quantitative estimate of drug-likeness (QED) is 0.574. The Morgan fingerprint density at radius 2 is 2.00 bits per heavy atom. The number of hydrogen-bond donors (Lipinski definition) is 1. The molecule has 158 valence electrons. The van der Waals surface area contributed by atoms with Crippen LogP contribution in [0.5, 0.6) is 5.75 Å². The SMILES string of the molecule is O=C1CN2C=C/C(=C/Oc3ccc4ncnc(c4c3)Nc3ccccc3C=CC=N1)CC2. The van der Waals surface area contributed by atoms with Gasteiger partial charge in [0.2, 0.25) is 0 Å². The molecule has 0 fully saturated rings. The maximum absolute atomic E-state index is 12.2. The average molecular weight is 423 g/mol. The molecule has 3 aliphatic heterocycles. The zero-order valence-electron chi connectivity index (χ0n) is 17.3. The zero-order valence-corrected chi connectivity index (χ0v) is 17.3. The Morgan fingerprint density at radius 1 is 1.06 bits per heavy atom. The van der Waals surface area contributed by atoms with Gasteiger partial charge in [0.05, 0.1) is 18.3 Å². The summed E-state index contributed by atoms with van der Waals surface area (Å²) >= 11 is 0. The summed E-state index contributed by atoms with van der Waals surface area (Å²) in [5.41, 5.74) is 3.69. The minimum atomic E-state index is -0.188. The fourth-order valence-corrected chi connectivity index (χ4v) is 3.59. The first-order chi connectivity index (χ1) is 15.7. The Labute approximate surface area is 185 Å². The van der Waals surface area contributed by atoms with Gasteiger partial charge in [-0.25, -0.2) is 15.0 Å². The van der Waals surface area contributed by atoms with Crippen LogP contribution < -0.4 is 10.1 Å². The van der Waals surface area contributed by atoms with E-state index in [9.17, 15) is 4.79 Å². The fourth-order valence-electron chi connectivity index (χ4n) is 3.59. The van der Waals surface area contributed by atoms with Crippen molar-refractivity contribution in [1.82, 2.24) is 14.9 Å². The Kier molecular flexibility index (Phi) is 5.45. The van der Waals surface area contributed by atoms with Crippen LogP contribution in [0.4, 0.5) is 11.5 Å². The first-order valence-electron chi connectivity index (χ1n) is 10.4. The number of amides is 1. The number of benzene rings is 2. The average Bonchev–Trinajstić information content (AvgIpc) is 2.82. The maximum Gasteiger partial charge on any atom is 0.265 e. The van der Waals surface area contributed by atoms with Gasteiger partial charge in [0.15, 0.2) is 0 Å². The summed E-state index contributed by atoms with van der Waals surface area (Å²) < 4.78 is 5.93. The van der Waals surface area contributed by atoms with Crippen LogP contribution in [-0.4, -0.2) is 40.1 Å². The summed E-state index contributed by atoms with van der Waals surface area (Å²) in [7, 11) is 0. The molecule has 3 aliphatic rings. The Balaban J connectivity index is 1.58. The predicted molar refractivity (Wildman–Crippen MR) is 126 cm³/mol. The summed E-state index contributed by atoms with van der Waals surface area (Å²) in [6.45, 7) is 0.980. The molecule has 32 heavy (non-hydrogen) atoms. The van der Waals surface area contributed by atoms with Gasteiger partial charge in [-0.15, -0.1) is 0 Å². The highest BCUT2D eigenvalue weighted by Crippen LogP contribution is 2.29. The Hall–Kier alpha value is -4.26. The number of rotatable bonds is 0. The number of nitrogens with zero attached hydrogens (tertiary/aromatic N) is 4. The first kappa shape index (κ1) is 19.7. The number of anilines is 2. The lowest BCUT2D eigenvalue weighted by Crippen LogP contribution is -2.27. The zero-order chi connectivity index (χ0) is 21.8. The lowest BCUT2D eigenvalue weighted by molar-refractivity contribution is -0.118. The topological polar surface area (TPSA) is 79.7 Å². The minimum absolute atomic E-state index is 0.188. The van der Waals surface area contributed by atoms with Crippen molar-refractivity contribution in [2.75, 3.05) is 18.4 Å². The van der Waals surface area contributed by atoms with E-state index in [1.54, 1.807) is 12.3 Å². The van der Waals surface area contributed by atoms with Crippen LogP contribution in [0.1, 0.15) is 12.0 Å². The van der Waals surface area contributed by atoms with Crippen molar-refractivity contribution in [3.8, 4) is 5.75 Å². The van der Waals surface area contributed by atoms with Gasteiger partial charge in [-0.05, 0) is 60.2 Å². The van der Waals surface area contributed by atoms with Crippen LogP contribution in [0.15, 0.2) is 84.0 Å². The number of nitrogens with one attached hydrogen (secondary N) is 1. The number of aliphatic imine (C=N–C) groups is 1. The van der Waals surface area contributed by atoms with E-state index in [4.69, 9.17) is 4.74 Å². The van der Waals surface area contributed by atoms with E-state index in [1.807, 2.05) is 65.7 Å². The summed E-state index contributed by atoms with van der Waals surface area (Å²) in [4.78, 5) is 27.0. The van der Waals surface area contributed by atoms with Crippen molar-refractivity contribution < 1.29 is 9.53 Å². The third-order valence-corrected chi connectivity index (χ3v) is 5.27. The number of hydrogen-bond acceptors (Lipinski definition) is 6. The summed E-state index contributed by atoms with van der Waals surface area (Å²) in [5, 5.41) is 4.26. The van der Waals surface area contributed by atoms with Gasteiger partial charge in [-0.3, -0.25) is 4.79 Å². The molecule has 1 amide bonds. The molecule has 1 aromatic heterocycles. The summed E-state index contributed by atoms with van der Waals surface area (Å²) in [6.07, 6.45) is 13.1. The minimum Gasteiger partial charge on any atom is -0.465 e. The second-order valence-electron chi connectivity index (χ2n) is 7.49. The number of carbonyl (C=O) groups is 1. The van der Waals surface area contributed by atoms with E-state index in [0.717, 1.165) is 40.7 Å². The van der Waals surface area contributed by atoms with Crippen LogP contribution in [0.25, 0.3) is 17.0 Å². The van der Waals surface area contributed by atoms with Gasteiger partial charge in [0.25, 0.3) is 5.91 Å². The predicted octanol–water partition coefficient (Wildman–Crippen LogP) is 4.48. The number of fused-ring (bicyclic) bond motifs is 5. The van der Waals surface area contributed by atoms with Crippen molar-refractivity contribution in [1.29, 1.82) is 0 Å². The van der Waals surface area contributed by atoms with E-state index >= 15 is 0 Å². The van der Waals surface area contributed by atoms with Crippen LogP contribution in [0.3, 0.4) is 0 Å². The van der Waals surface area contributed by atoms with Crippen molar-refractivity contribution in [3.63, 3.8) is 0 Å². The Morgan fingerprint density at radius 3 is 2.91 bits per heavy atom.